The molecule has 4 nitrogen and oxygen atoms in total. The number of benzene rings is 2. The van der Waals surface area contributed by atoms with Gasteiger partial charge in [-0.05, 0) is 31.5 Å². The Kier molecular flexibility index (Phi) is 4.52. The predicted octanol–water partition coefficient (Wildman–Crippen LogP) is 4.15. The number of hydrogen-bond donors (Lipinski definition) is 0. The molecule has 0 spiro atoms. The molecular formula is C16H17FN2O2. The van der Waals surface area contributed by atoms with Crippen LogP contribution in [0.2, 0.25) is 0 Å². The summed E-state index contributed by atoms with van der Waals surface area (Å²) < 4.78 is 13.8. The lowest BCUT2D eigenvalue weighted by Crippen LogP contribution is -2.30. The van der Waals surface area contributed by atoms with E-state index in [4.69, 9.17) is 0 Å². The van der Waals surface area contributed by atoms with Crippen LogP contribution in [0.5, 0.6) is 0 Å². The van der Waals surface area contributed by atoms with E-state index in [1.54, 1.807) is 6.07 Å². The minimum Gasteiger partial charge on any atom is -0.359 e. The molecular weight excluding hydrogens is 271 g/mol. The van der Waals surface area contributed by atoms with Crippen molar-refractivity contribution in [1.29, 1.82) is 0 Å². The van der Waals surface area contributed by atoms with Gasteiger partial charge in [-0.2, -0.15) is 4.39 Å². The minimum absolute atomic E-state index is 0.00528. The molecule has 0 aliphatic rings. The molecule has 0 amide bonds. The number of para-hydroxylation sites is 1. The molecule has 0 radical (unpaired) electrons. The van der Waals surface area contributed by atoms with Crippen molar-refractivity contribution in [3.05, 3.63) is 70.0 Å². The summed E-state index contributed by atoms with van der Waals surface area (Å²) in [5.74, 6) is -0.809. The molecule has 110 valence electrons. The van der Waals surface area contributed by atoms with Crippen molar-refractivity contribution in [2.45, 2.75) is 26.4 Å². The van der Waals surface area contributed by atoms with E-state index in [1.165, 1.54) is 6.07 Å². The third kappa shape index (κ3) is 3.37. The summed E-state index contributed by atoms with van der Waals surface area (Å²) in [5.41, 5.74) is 0.853. The lowest BCUT2D eigenvalue weighted by atomic mass is 10.1. The molecule has 2 rings (SSSR count). The molecule has 21 heavy (non-hydrogen) atoms. The molecule has 2 aromatic rings. The number of nitrogens with zero attached hydrogens (tertiary/aromatic N) is 2. The number of nitro benzene ring substituents is 1. The van der Waals surface area contributed by atoms with Crippen molar-refractivity contribution in [2.24, 2.45) is 0 Å². The van der Waals surface area contributed by atoms with Gasteiger partial charge >= 0.3 is 5.69 Å². The first-order valence-corrected chi connectivity index (χ1v) is 6.74. The Bertz CT molecular complexity index is 629. The van der Waals surface area contributed by atoms with E-state index in [0.717, 1.165) is 11.6 Å². The van der Waals surface area contributed by atoms with E-state index >= 15 is 0 Å². The van der Waals surface area contributed by atoms with Crippen LogP contribution in [0.25, 0.3) is 0 Å². The molecule has 0 atom stereocenters. The normalized spacial score (nSPS) is 10.7. The van der Waals surface area contributed by atoms with Crippen LogP contribution in [0.15, 0.2) is 48.5 Å². The second kappa shape index (κ2) is 6.35. The van der Waals surface area contributed by atoms with Crippen molar-refractivity contribution < 1.29 is 9.31 Å². The van der Waals surface area contributed by atoms with Crippen molar-refractivity contribution in [1.82, 2.24) is 0 Å². The summed E-state index contributed by atoms with van der Waals surface area (Å²) in [6.45, 7) is 4.35. The molecule has 0 aliphatic carbocycles. The second-order valence-corrected chi connectivity index (χ2v) is 5.07. The lowest BCUT2D eigenvalue weighted by molar-refractivity contribution is -0.386. The van der Waals surface area contributed by atoms with Gasteiger partial charge in [0.2, 0.25) is 5.82 Å². The highest BCUT2D eigenvalue weighted by molar-refractivity contribution is 5.64. The first-order chi connectivity index (χ1) is 10.0. The summed E-state index contributed by atoms with van der Waals surface area (Å²) in [5, 5.41) is 11.2. The van der Waals surface area contributed by atoms with Crippen LogP contribution < -0.4 is 4.90 Å². The van der Waals surface area contributed by atoms with Crippen LogP contribution in [0.3, 0.4) is 0 Å². The van der Waals surface area contributed by atoms with Crippen LogP contribution >= 0.6 is 0 Å². The van der Waals surface area contributed by atoms with Gasteiger partial charge < -0.3 is 4.90 Å². The van der Waals surface area contributed by atoms with Crippen molar-refractivity contribution in [3.8, 4) is 0 Å². The van der Waals surface area contributed by atoms with Gasteiger partial charge in [0.15, 0.2) is 0 Å². The van der Waals surface area contributed by atoms with Crippen LogP contribution in [-0.2, 0) is 6.54 Å². The van der Waals surface area contributed by atoms with Gasteiger partial charge in [0.25, 0.3) is 0 Å². The molecule has 5 heteroatoms. The number of rotatable bonds is 5. The highest BCUT2D eigenvalue weighted by Crippen LogP contribution is 2.32. The Morgan fingerprint density at radius 3 is 2.38 bits per heavy atom. The van der Waals surface area contributed by atoms with Crippen LogP contribution in [0, 0.1) is 15.9 Å². The molecule has 0 unspecified atom stereocenters. The van der Waals surface area contributed by atoms with Gasteiger partial charge in [-0.3, -0.25) is 10.1 Å². The summed E-state index contributed by atoms with van der Waals surface area (Å²) in [4.78, 5) is 12.3. The SMILES string of the molecule is CC(C)N(Cc1ccccc1)c1cccc(F)c1[N+](=O)[O-]. The van der Waals surface area contributed by atoms with Crippen molar-refractivity contribution >= 4 is 11.4 Å². The second-order valence-electron chi connectivity index (χ2n) is 5.07. The Hall–Kier alpha value is -2.43. The Morgan fingerprint density at radius 1 is 1.14 bits per heavy atom. The zero-order chi connectivity index (χ0) is 15.4. The van der Waals surface area contributed by atoms with Gasteiger partial charge in [0.05, 0.1) is 4.92 Å². The molecule has 0 aliphatic heterocycles. The quantitative estimate of drug-likeness (QED) is 0.613. The minimum atomic E-state index is -0.809. The van der Waals surface area contributed by atoms with E-state index in [0.29, 0.717) is 12.2 Å². The third-order valence-electron chi connectivity index (χ3n) is 3.28. The molecule has 0 saturated carbocycles. The fourth-order valence-corrected chi connectivity index (χ4v) is 2.24. The first-order valence-electron chi connectivity index (χ1n) is 6.74. The highest BCUT2D eigenvalue weighted by Gasteiger charge is 2.25. The Morgan fingerprint density at radius 2 is 1.81 bits per heavy atom. The number of hydrogen-bond acceptors (Lipinski definition) is 3. The van der Waals surface area contributed by atoms with E-state index in [9.17, 15) is 14.5 Å². The maximum absolute atomic E-state index is 13.8. The molecule has 0 fully saturated rings. The predicted molar refractivity (Wildman–Crippen MR) is 80.8 cm³/mol. The Labute approximate surface area is 123 Å². The number of halogens is 1. The maximum Gasteiger partial charge on any atom is 0.327 e. The van der Waals surface area contributed by atoms with Gasteiger partial charge in [0.1, 0.15) is 5.69 Å². The van der Waals surface area contributed by atoms with E-state index < -0.39 is 16.4 Å². The fraction of sp³-hybridized carbons (Fsp3) is 0.250. The van der Waals surface area contributed by atoms with Gasteiger partial charge in [0, 0.05) is 12.6 Å². The summed E-state index contributed by atoms with van der Waals surface area (Å²) in [6.07, 6.45) is 0. The molecule has 0 heterocycles. The van der Waals surface area contributed by atoms with E-state index in [1.807, 2.05) is 49.1 Å². The van der Waals surface area contributed by atoms with Gasteiger partial charge in [-0.15, -0.1) is 0 Å². The zero-order valence-electron chi connectivity index (χ0n) is 12.0. The lowest BCUT2D eigenvalue weighted by Gasteiger charge is -2.28. The average molecular weight is 288 g/mol. The molecule has 0 aromatic heterocycles. The molecule has 0 bridgehead atoms. The zero-order valence-corrected chi connectivity index (χ0v) is 12.0. The summed E-state index contributed by atoms with van der Waals surface area (Å²) >= 11 is 0. The summed E-state index contributed by atoms with van der Waals surface area (Å²) in [7, 11) is 0. The maximum atomic E-state index is 13.8. The fourth-order valence-electron chi connectivity index (χ4n) is 2.24. The number of anilines is 1. The van der Waals surface area contributed by atoms with Gasteiger partial charge in [-0.25, -0.2) is 0 Å². The smallest absolute Gasteiger partial charge is 0.327 e. The largest absolute Gasteiger partial charge is 0.359 e. The molecule has 0 saturated heterocycles. The van der Waals surface area contributed by atoms with Crippen molar-refractivity contribution in [3.63, 3.8) is 0 Å². The monoisotopic (exact) mass is 288 g/mol. The van der Waals surface area contributed by atoms with Gasteiger partial charge in [-0.1, -0.05) is 36.4 Å². The van der Waals surface area contributed by atoms with Crippen LogP contribution in [0.1, 0.15) is 19.4 Å². The number of nitro groups is 1. The molecule has 0 N–H and O–H groups in total. The van der Waals surface area contributed by atoms with Crippen LogP contribution in [-0.4, -0.2) is 11.0 Å². The van der Waals surface area contributed by atoms with Crippen molar-refractivity contribution in [2.75, 3.05) is 4.90 Å². The van der Waals surface area contributed by atoms with E-state index in [-0.39, 0.29) is 6.04 Å². The Balaban J connectivity index is 2.44. The topological polar surface area (TPSA) is 46.4 Å². The highest BCUT2D eigenvalue weighted by atomic mass is 19.1. The third-order valence-corrected chi connectivity index (χ3v) is 3.28. The summed E-state index contributed by atoms with van der Waals surface area (Å²) in [6, 6.07) is 13.8. The average Bonchev–Trinajstić information content (AvgIpc) is 2.45. The van der Waals surface area contributed by atoms with Crippen LogP contribution in [0.4, 0.5) is 15.8 Å². The standard InChI is InChI=1S/C16H17FN2O2/c1-12(2)18(11-13-7-4-3-5-8-13)15-10-6-9-14(17)16(15)19(20)21/h3-10,12H,11H2,1-2H3. The molecule has 2 aromatic carbocycles. The first kappa shape index (κ1) is 15.0. The van der Waals surface area contributed by atoms with E-state index in [2.05, 4.69) is 0 Å².